The van der Waals surface area contributed by atoms with Crippen LogP contribution in [0, 0.1) is 5.92 Å². The summed E-state index contributed by atoms with van der Waals surface area (Å²) in [5.74, 6) is 2.27. The zero-order valence-corrected chi connectivity index (χ0v) is 16.2. The Bertz CT molecular complexity index is 889. The molecule has 9 heteroatoms. The van der Waals surface area contributed by atoms with Crippen LogP contribution in [0.1, 0.15) is 13.8 Å². The van der Waals surface area contributed by atoms with Crippen LogP contribution in [0.25, 0.3) is 11.5 Å². The summed E-state index contributed by atoms with van der Waals surface area (Å²) in [5.41, 5.74) is 0.789. The molecule has 0 saturated carbocycles. The highest BCUT2D eigenvalue weighted by Gasteiger charge is 2.13. The molecule has 0 spiro atoms. The Kier molecular flexibility index (Phi) is 6.12. The summed E-state index contributed by atoms with van der Waals surface area (Å²) in [6.45, 7) is 4.93. The summed E-state index contributed by atoms with van der Waals surface area (Å²) in [6, 6.07) is 9.09. The molecule has 3 aromatic rings. The molecule has 2 aromatic heterocycles. The van der Waals surface area contributed by atoms with Gasteiger partial charge in [-0.2, -0.15) is 5.10 Å². The van der Waals surface area contributed by atoms with E-state index in [1.54, 1.807) is 24.1 Å². The van der Waals surface area contributed by atoms with E-state index < -0.39 is 0 Å². The van der Waals surface area contributed by atoms with Crippen molar-refractivity contribution in [2.45, 2.75) is 25.6 Å². The van der Waals surface area contributed by atoms with Crippen LogP contribution in [0.15, 0.2) is 46.2 Å². The lowest BCUT2D eigenvalue weighted by atomic mass is 10.2. The van der Waals surface area contributed by atoms with Gasteiger partial charge < -0.3 is 14.5 Å². The summed E-state index contributed by atoms with van der Waals surface area (Å²) in [7, 11) is 1.61. The molecular formula is C18H21N5O3S. The number of rotatable bonds is 8. The van der Waals surface area contributed by atoms with Crippen LogP contribution in [0.2, 0.25) is 0 Å². The number of nitrogens with one attached hydrogen (secondary N) is 1. The van der Waals surface area contributed by atoms with Gasteiger partial charge in [0.25, 0.3) is 5.22 Å². The molecule has 2 heterocycles. The first-order valence-corrected chi connectivity index (χ1v) is 9.46. The van der Waals surface area contributed by atoms with Crippen molar-refractivity contribution in [1.82, 2.24) is 20.0 Å². The quantitative estimate of drug-likeness (QED) is 0.592. The molecular weight excluding hydrogens is 366 g/mol. The second-order valence-corrected chi connectivity index (χ2v) is 7.16. The average Bonchev–Trinajstić information content (AvgIpc) is 3.29. The van der Waals surface area contributed by atoms with Crippen molar-refractivity contribution >= 4 is 23.5 Å². The number of ether oxygens (including phenoxy) is 1. The summed E-state index contributed by atoms with van der Waals surface area (Å²) < 4.78 is 12.5. The standard InChI is InChI=1S/C18H21N5O3S/c1-12(2)10-23-15(8-9-19-23)20-16(24)11-27-18-22-21-17(26-18)13-4-6-14(25-3)7-5-13/h4-9,12H,10-11H2,1-3H3,(H,20,24). The minimum absolute atomic E-state index is 0.158. The number of carbonyl (C=O) groups is 1. The fourth-order valence-corrected chi connectivity index (χ4v) is 2.92. The van der Waals surface area contributed by atoms with Gasteiger partial charge in [0.2, 0.25) is 11.8 Å². The molecule has 1 aromatic carbocycles. The molecule has 1 amide bonds. The van der Waals surface area contributed by atoms with Crippen molar-refractivity contribution in [2.24, 2.45) is 5.92 Å². The maximum atomic E-state index is 12.2. The molecule has 0 saturated heterocycles. The van der Waals surface area contributed by atoms with Gasteiger partial charge in [0.05, 0.1) is 19.1 Å². The van der Waals surface area contributed by atoms with Crippen molar-refractivity contribution < 1.29 is 13.9 Å². The molecule has 3 rings (SSSR count). The Morgan fingerprint density at radius 2 is 2.04 bits per heavy atom. The Hall–Kier alpha value is -2.81. The summed E-state index contributed by atoms with van der Waals surface area (Å²) in [6.07, 6.45) is 1.67. The third kappa shape index (κ3) is 5.10. The van der Waals surface area contributed by atoms with Crippen LogP contribution in [-0.4, -0.2) is 38.7 Å². The largest absolute Gasteiger partial charge is 0.497 e. The third-order valence-corrected chi connectivity index (χ3v) is 4.41. The highest BCUT2D eigenvalue weighted by Crippen LogP contribution is 2.25. The van der Waals surface area contributed by atoms with Crippen LogP contribution < -0.4 is 10.1 Å². The molecule has 0 aliphatic heterocycles. The van der Waals surface area contributed by atoms with E-state index in [1.165, 1.54) is 11.8 Å². The molecule has 0 aliphatic carbocycles. The number of nitrogens with zero attached hydrogens (tertiary/aromatic N) is 4. The van der Waals surface area contributed by atoms with Crippen LogP contribution >= 0.6 is 11.8 Å². The zero-order valence-electron chi connectivity index (χ0n) is 15.4. The fourth-order valence-electron chi connectivity index (χ4n) is 2.35. The highest BCUT2D eigenvalue weighted by atomic mass is 32.2. The topological polar surface area (TPSA) is 95.1 Å². The van der Waals surface area contributed by atoms with Crippen molar-refractivity contribution in [3.8, 4) is 17.2 Å². The second kappa shape index (κ2) is 8.72. The smallest absolute Gasteiger partial charge is 0.277 e. The van der Waals surface area contributed by atoms with Gasteiger partial charge in [-0.1, -0.05) is 25.6 Å². The van der Waals surface area contributed by atoms with E-state index in [0.717, 1.165) is 17.9 Å². The van der Waals surface area contributed by atoms with Gasteiger partial charge in [-0.15, -0.1) is 10.2 Å². The van der Waals surface area contributed by atoms with E-state index in [-0.39, 0.29) is 11.7 Å². The van der Waals surface area contributed by atoms with Crippen LogP contribution in [0.5, 0.6) is 5.75 Å². The maximum Gasteiger partial charge on any atom is 0.277 e. The Morgan fingerprint density at radius 1 is 1.26 bits per heavy atom. The number of hydrogen-bond donors (Lipinski definition) is 1. The maximum absolute atomic E-state index is 12.2. The number of thioether (sulfide) groups is 1. The number of aromatic nitrogens is 4. The SMILES string of the molecule is COc1ccc(-c2nnc(SCC(=O)Nc3ccnn3CC(C)C)o2)cc1. The van der Waals surface area contributed by atoms with Crippen molar-refractivity contribution in [3.05, 3.63) is 36.5 Å². The van der Waals surface area contributed by atoms with E-state index in [4.69, 9.17) is 9.15 Å². The monoisotopic (exact) mass is 387 g/mol. The number of carbonyl (C=O) groups excluding carboxylic acids is 1. The normalized spacial score (nSPS) is 11.0. The molecule has 142 valence electrons. The molecule has 0 fully saturated rings. The summed E-state index contributed by atoms with van der Waals surface area (Å²) in [5, 5.41) is 15.4. The van der Waals surface area contributed by atoms with Crippen molar-refractivity contribution in [2.75, 3.05) is 18.2 Å². The van der Waals surface area contributed by atoms with E-state index in [0.29, 0.717) is 22.8 Å². The number of benzene rings is 1. The first-order valence-electron chi connectivity index (χ1n) is 8.47. The lowest BCUT2D eigenvalue weighted by Gasteiger charge is -2.10. The molecule has 8 nitrogen and oxygen atoms in total. The fraction of sp³-hybridized carbons (Fsp3) is 0.333. The third-order valence-electron chi connectivity index (χ3n) is 3.59. The molecule has 0 aliphatic rings. The summed E-state index contributed by atoms with van der Waals surface area (Å²) >= 11 is 1.19. The van der Waals surface area contributed by atoms with E-state index in [2.05, 4.69) is 34.5 Å². The zero-order chi connectivity index (χ0) is 19.2. The molecule has 1 N–H and O–H groups in total. The number of methoxy groups -OCH3 is 1. The Labute approximate surface area is 161 Å². The number of anilines is 1. The molecule has 0 atom stereocenters. The second-order valence-electron chi connectivity index (χ2n) is 6.23. The summed E-state index contributed by atoms with van der Waals surface area (Å²) in [4.78, 5) is 12.2. The van der Waals surface area contributed by atoms with Gasteiger partial charge in [0.1, 0.15) is 11.6 Å². The highest BCUT2D eigenvalue weighted by molar-refractivity contribution is 7.99. The van der Waals surface area contributed by atoms with Gasteiger partial charge in [-0.3, -0.25) is 4.79 Å². The first kappa shape index (κ1) is 19.0. The van der Waals surface area contributed by atoms with Crippen molar-refractivity contribution in [1.29, 1.82) is 0 Å². The number of hydrogen-bond acceptors (Lipinski definition) is 7. The van der Waals surface area contributed by atoms with Crippen molar-refractivity contribution in [3.63, 3.8) is 0 Å². The lowest BCUT2D eigenvalue weighted by molar-refractivity contribution is -0.113. The predicted octanol–water partition coefficient (Wildman–Crippen LogP) is 3.33. The molecule has 27 heavy (non-hydrogen) atoms. The van der Waals surface area contributed by atoms with E-state index in [9.17, 15) is 4.79 Å². The first-order chi connectivity index (χ1) is 13.0. The average molecular weight is 387 g/mol. The van der Waals surface area contributed by atoms with Gasteiger partial charge >= 0.3 is 0 Å². The minimum Gasteiger partial charge on any atom is -0.497 e. The van der Waals surface area contributed by atoms with Gasteiger partial charge in [0, 0.05) is 18.2 Å². The van der Waals surface area contributed by atoms with Gasteiger partial charge in [-0.05, 0) is 30.2 Å². The molecule has 0 unspecified atom stereocenters. The van der Waals surface area contributed by atoms with E-state index in [1.807, 2.05) is 24.3 Å². The minimum atomic E-state index is -0.158. The van der Waals surface area contributed by atoms with Crippen LogP contribution in [-0.2, 0) is 11.3 Å². The Balaban J connectivity index is 1.55. The van der Waals surface area contributed by atoms with Crippen LogP contribution in [0.3, 0.4) is 0 Å². The van der Waals surface area contributed by atoms with E-state index >= 15 is 0 Å². The number of amides is 1. The molecule has 0 bridgehead atoms. The lowest BCUT2D eigenvalue weighted by Crippen LogP contribution is -2.18. The Morgan fingerprint density at radius 3 is 2.74 bits per heavy atom. The molecule has 0 radical (unpaired) electrons. The van der Waals surface area contributed by atoms with Gasteiger partial charge in [0.15, 0.2) is 0 Å². The van der Waals surface area contributed by atoms with Gasteiger partial charge in [-0.25, -0.2) is 4.68 Å². The predicted molar refractivity (Wildman–Crippen MR) is 103 cm³/mol. The van der Waals surface area contributed by atoms with Crippen LogP contribution in [0.4, 0.5) is 5.82 Å².